The maximum atomic E-state index is 13.2. The van der Waals surface area contributed by atoms with Gasteiger partial charge in [0.25, 0.3) is 11.8 Å². The van der Waals surface area contributed by atoms with Crippen LogP contribution in [0.25, 0.3) is 0 Å². The summed E-state index contributed by atoms with van der Waals surface area (Å²) in [6.45, 7) is 4.07. The van der Waals surface area contributed by atoms with Crippen LogP contribution in [0.3, 0.4) is 0 Å². The summed E-state index contributed by atoms with van der Waals surface area (Å²) in [4.78, 5) is 29.6. The molecule has 0 aromatic heterocycles. The molecule has 3 aromatic rings. The molecule has 4 nitrogen and oxygen atoms in total. The Morgan fingerprint density at radius 3 is 1.62 bits per heavy atom. The zero-order valence-electron chi connectivity index (χ0n) is 18.6. The number of benzene rings is 3. The van der Waals surface area contributed by atoms with E-state index < -0.39 is 0 Å². The van der Waals surface area contributed by atoms with Crippen LogP contribution in [0.5, 0.6) is 0 Å². The molecule has 0 aliphatic carbocycles. The van der Waals surface area contributed by atoms with Crippen LogP contribution < -0.4 is 5.32 Å². The Hall–Kier alpha value is -2.96. The zero-order chi connectivity index (χ0) is 23.1. The number of rotatable bonds is 7. The molecule has 164 valence electrons. The third-order valence-corrected chi connectivity index (χ3v) is 6.86. The van der Waals surface area contributed by atoms with E-state index in [9.17, 15) is 9.59 Å². The van der Waals surface area contributed by atoms with Crippen LogP contribution in [0.15, 0.2) is 98.6 Å². The molecule has 0 bridgehead atoms. The largest absolute Gasteiger partial charge is 0.343 e. The van der Waals surface area contributed by atoms with Gasteiger partial charge >= 0.3 is 0 Å². The quantitative estimate of drug-likeness (QED) is 0.352. The number of thioether (sulfide) groups is 2. The van der Waals surface area contributed by atoms with E-state index in [0.29, 0.717) is 9.80 Å². The summed E-state index contributed by atoms with van der Waals surface area (Å²) in [7, 11) is 3.36. The summed E-state index contributed by atoms with van der Waals surface area (Å²) < 4.78 is 0.709. The molecule has 0 fully saturated rings. The lowest BCUT2D eigenvalue weighted by Gasteiger charge is -2.19. The van der Waals surface area contributed by atoms with E-state index in [0.717, 1.165) is 20.9 Å². The number of nitrogens with one attached hydrogen (secondary N) is 1. The average Bonchev–Trinajstić information content (AvgIpc) is 2.80. The number of aryl methyl sites for hydroxylation is 2. The van der Waals surface area contributed by atoms with Crippen LogP contribution in [-0.4, -0.2) is 30.8 Å². The van der Waals surface area contributed by atoms with Crippen LogP contribution in [0, 0.1) is 13.8 Å². The monoisotopic (exact) mass is 462 g/mol. The van der Waals surface area contributed by atoms with Gasteiger partial charge in [0.2, 0.25) is 0 Å². The molecule has 0 unspecified atom stereocenters. The van der Waals surface area contributed by atoms with Crippen molar-refractivity contribution in [2.24, 2.45) is 0 Å². The van der Waals surface area contributed by atoms with E-state index in [1.165, 1.54) is 28.4 Å². The van der Waals surface area contributed by atoms with Crippen molar-refractivity contribution in [3.05, 3.63) is 105 Å². The summed E-state index contributed by atoms with van der Waals surface area (Å²) in [5.74, 6) is -0.578. The van der Waals surface area contributed by atoms with E-state index in [4.69, 9.17) is 0 Å². The zero-order valence-corrected chi connectivity index (χ0v) is 20.2. The van der Waals surface area contributed by atoms with Crippen molar-refractivity contribution in [2.45, 2.75) is 23.6 Å². The SMILES string of the molecule is Cc1ccc(SC(Sc2ccc(C)cc2)=C(NC(=O)c2ccccc2)C(=O)N(C)C)cc1. The van der Waals surface area contributed by atoms with Gasteiger partial charge < -0.3 is 10.2 Å². The van der Waals surface area contributed by atoms with Gasteiger partial charge in [0.15, 0.2) is 0 Å². The minimum Gasteiger partial charge on any atom is -0.343 e. The van der Waals surface area contributed by atoms with Crippen molar-refractivity contribution < 1.29 is 9.59 Å². The van der Waals surface area contributed by atoms with Crippen LogP contribution >= 0.6 is 23.5 Å². The Balaban J connectivity index is 2.05. The summed E-state index contributed by atoms with van der Waals surface area (Å²) in [5, 5.41) is 2.89. The normalized spacial score (nSPS) is 10.4. The molecular formula is C26H26N2O2S2. The number of nitrogens with zero attached hydrogens (tertiary/aromatic N) is 1. The lowest BCUT2D eigenvalue weighted by Crippen LogP contribution is -2.35. The molecule has 0 heterocycles. The predicted molar refractivity (Wildman–Crippen MR) is 134 cm³/mol. The molecule has 3 aromatic carbocycles. The van der Waals surface area contributed by atoms with Crippen molar-refractivity contribution >= 4 is 35.3 Å². The highest BCUT2D eigenvalue weighted by Gasteiger charge is 2.22. The molecular weight excluding hydrogens is 436 g/mol. The summed E-state index contributed by atoms with van der Waals surface area (Å²) >= 11 is 2.94. The molecule has 0 aliphatic rings. The van der Waals surface area contributed by atoms with Gasteiger partial charge in [-0.05, 0) is 50.2 Å². The van der Waals surface area contributed by atoms with Crippen molar-refractivity contribution in [1.29, 1.82) is 0 Å². The number of carbonyl (C=O) groups excluding carboxylic acids is 2. The number of hydrogen-bond donors (Lipinski definition) is 1. The highest BCUT2D eigenvalue weighted by molar-refractivity contribution is 8.22. The van der Waals surface area contributed by atoms with E-state index >= 15 is 0 Å². The fraction of sp³-hybridized carbons (Fsp3) is 0.154. The molecule has 2 amide bonds. The highest BCUT2D eigenvalue weighted by Crippen LogP contribution is 2.41. The van der Waals surface area contributed by atoms with Gasteiger partial charge in [0, 0.05) is 29.4 Å². The third kappa shape index (κ3) is 6.52. The Morgan fingerprint density at radius 1 is 0.719 bits per heavy atom. The first-order valence-corrected chi connectivity index (χ1v) is 11.8. The van der Waals surface area contributed by atoms with Gasteiger partial charge in [0.05, 0.1) is 4.24 Å². The second-order valence-electron chi connectivity index (χ2n) is 7.51. The van der Waals surface area contributed by atoms with E-state index in [1.807, 2.05) is 68.4 Å². The van der Waals surface area contributed by atoms with Crippen molar-refractivity contribution in [3.8, 4) is 0 Å². The molecule has 0 saturated carbocycles. The third-order valence-electron chi connectivity index (χ3n) is 4.56. The molecule has 0 radical (unpaired) electrons. The Bertz CT molecular complexity index is 1060. The van der Waals surface area contributed by atoms with E-state index in [1.54, 1.807) is 38.4 Å². The smallest absolute Gasteiger partial charge is 0.271 e. The summed E-state index contributed by atoms with van der Waals surface area (Å²) in [5.41, 5.74) is 3.08. The van der Waals surface area contributed by atoms with Gasteiger partial charge in [0.1, 0.15) is 5.70 Å². The molecule has 32 heavy (non-hydrogen) atoms. The van der Waals surface area contributed by atoms with Gasteiger partial charge in [-0.15, -0.1) is 0 Å². The lowest BCUT2D eigenvalue weighted by molar-refractivity contribution is -0.125. The molecule has 0 atom stereocenters. The predicted octanol–water partition coefficient (Wildman–Crippen LogP) is 5.88. The highest BCUT2D eigenvalue weighted by atomic mass is 32.2. The lowest BCUT2D eigenvalue weighted by atomic mass is 10.2. The Morgan fingerprint density at radius 2 is 1.19 bits per heavy atom. The molecule has 0 aliphatic heterocycles. The maximum Gasteiger partial charge on any atom is 0.271 e. The van der Waals surface area contributed by atoms with Gasteiger partial charge in [-0.1, -0.05) is 77.1 Å². The van der Waals surface area contributed by atoms with Crippen molar-refractivity contribution in [2.75, 3.05) is 14.1 Å². The summed E-state index contributed by atoms with van der Waals surface area (Å²) in [6, 6.07) is 25.1. The fourth-order valence-corrected chi connectivity index (χ4v) is 4.94. The molecule has 0 spiro atoms. The van der Waals surface area contributed by atoms with Gasteiger partial charge in [-0.25, -0.2) is 0 Å². The minimum absolute atomic E-state index is 0.261. The fourth-order valence-electron chi connectivity index (χ4n) is 2.74. The first-order valence-electron chi connectivity index (χ1n) is 10.1. The van der Waals surface area contributed by atoms with Crippen LogP contribution in [0.4, 0.5) is 0 Å². The number of amides is 2. The van der Waals surface area contributed by atoms with E-state index in [-0.39, 0.29) is 17.5 Å². The Kier molecular flexibility index (Phi) is 8.20. The van der Waals surface area contributed by atoms with E-state index in [2.05, 4.69) is 5.32 Å². The first-order chi connectivity index (χ1) is 15.3. The molecule has 0 saturated heterocycles. The number of carbonyl (C=O) groups is 2. The second-order valence-corrected chi connectivity index (χ2v) is 9.94. The number of likely N-dealkylation sites (N-methyl/N-ethyl adjacent to an activating group) is 1. The van der Waals surface area contributed by atoms with Crippen LogP contribution in [0.2, 0.25) is 0 Å². The van der Waals surface area contributed by atoms with Crippen LogP contribution in [-0.2, 0) is 4.79 Å². The second kappa shape index (κ2) is 11.1. The van der Waals surface area contributed by atoms with Gasteiger partial charge in [-0.2, -0.15) is 0 Å². The average molecular weight is 463 g/mol. The maximum absolute atomic E-state index is 13.2. The standard InChI is InChI=1S/C26H26N2O2S2/c1-18-10-14-21(15-11-18)31-26(32-22-16-12-19(2)13-17-22)23(25(30)28(3)4)27-24(29)20-8-6-5-7-9-20/h5-17H,1-4H3,(H,27,29). The Labute approximate surface area is 198 Å². The van der Waals surface area contributed by atoms with Gasteiger partial charge in [-0.3, -0.25) is 9.59 Å². The van der Waals surface area contributed by atoms with Crippen molar-refractivity contribution in [1.82, 2.24) is 10.2 Å². The molecule has 6 heteroatoms. The van der Waals surface area contributed by atoms with Crippen molar-refractivity contribution in [3.63, 3.8) is 0 Å². The minimum atomic E-state index is -0.317. The molecule has 1 N–H and O–H groups in total. The number of hydrogen-bond acceptors (Lipinski definition) is 4. The topological polar surface area (TPSA) is 49.4 Å². The summed E-state index contributed by atoms with van der Waals surface area (Å²) in [6.07, 6.45) is 0. The first kappa shape index (κ1) is 23.7. The molecule has 3 rings (SSSR count). The van der Waals surface area contributed by atoms with Crippen LogP contribution in [0.1, 0.15) is 21.5 Å².